The second-order valence-corrected chi connectivity index (χ2v) is 7.97. The van der Waals surface area contributed by atoms with Gasteiger partial charge in [0.1, 0.15) is 5.56 Å². The van der Waals surface area contributed by atoms with Crippen LogP contribution in [0.1, 0.15) is 45.7 Å². The summed E-state index contributed by atoms with van der Waals surface area (Å²) in [5.74, 6) is -0.886. The van der Waals surface area contributed by atoms with Crippen LogP contribution in [0.25, 0.3) is 0 Å². The molecule has 0 atom stereocenters. The van der Waals surface area contributed by atoms with E-state index in [0.29, 0.717) is 11.3 Å². The monoisotopic (exact) mass is 475 g/mol. The highest BCUT2D eigenvalue weighted by Gasteiger charge is 2.22. The van der Waals surface area contributed by atoms with E-state index in [1.807, 2.05) is 43.0 Å². The highest BCUT2D eigenvalue weighted by molar-refractivity contribution is 6.07. The van der Waals surface area contributed by atoms with Crippen LogP contribution in [0.3, 0.4) is 0 Å². The molecular weight excluding hydrogens is 446 g/mol. The molecule has 0 heterocycles. The van der Waals surface area contributed by atoms with Crippen LogP contribution >= 0.6 is 0 Å². The van der Waals surface area contributed by atoms with E-state index in [1.54, 1.807) is 36.4 Å². The molecule has 3 aromatic carbocycles. The molecule has 1 amide bonds. The van der Waals surface area contributed by atoms with Gasteiger partial charge in [-0.15, -0.1) is 0 Å². The molecule has 182 valence electrons. The van der Waals surface area contributed by atoms with Crippen LogP contribution in [-0.4, -0.2) is 37.0 Å². The SMILES string of the molecule is CCN(CC)c1ccc([N+](=O)[O-])c(C(=O)Nc2ccc(CCc3ccc(C(=O)OC)cc3)cc2)c1. The van der Waals surface area contributed by atoms with Gasteiger partial charge in [0, 0.05) is 30.5 Å². The van der Waals surface area contributed by atoms with Crippen molar-refractivity contribution in [2.24, 2.45) is 0 Å². The fraction of sp³-hybridized carbons (Fsp3) is 0.259. The average Bonchev–Trinajstić information content (AvgIpc) is 2.88. The number of hydrogen-bond acceptors (Lipinski definition) is 6. The summed E-state index contributed by atoms with van der Waals surface area (Å²) >= 11 is 0. The maximum Gasteiger partial charge on any atom is 0.337 e. The zero-order valence-corrected chi connectivity index (χ0v) is 20.1. The average molecular weight is 476 g/mol. The van der Waals surface area contributed by atoms with Gasteiger partial charge in [0.2, 0.25) is 0 Å². The summed E-state index contributed by atoms with van der Waals surface area (Å²) in [6, 6.07) is 19.3. The number of esters is 1. The van der Waals surface area contributed by atoms with Gasteiger partial charge < -0.3 is 15.0 Å². The number of methoxy groups -OCH3 is 1. The highest BCUT2D eigenvalue weighted by Crippen LogP contribution is 2.26. The molecule has 8 nitrogen and oxygen atoms in total. The van der Waals surface area contributed by atoms with Crippen molar-refractivity contribution >= 4 is 28.9 Å². The van der Waals surface area contributed by atoms with Crippen LogP contribution in [0.5, 0.6) is 0 Å². The summed E-state index contributed by atoms with van der Waals surface area (Å²) in [5, 5.41) is 14.3. The summed E-state index contributed by atoms with van der Waals surface area (Å²) in [5.41, 5.74) is 3.81. The molecule has 0 unspecified atom stereocenters. The van der Waals surface area contributed by atoms with Gasteiger partial charge >= 0.3 is 5.97 Å². The Kier molecular flexibility index (Phi) is 8.56. The molecule has 0 fully saturated rings. The topological polar surface area (TPSA) is 102 Å². The lowest BCUT2D eigenvalue weighted by Crippen LogP contribution is -2.23. The maximum absolute atomic E-state index is 12.9. The Bertz CT molecular complexity index is 1190. The number of carbonyl (C=O) groups excluding carboxylic acids is 2. The van der Waals surface area contributed by atoms with E-state index in [9.17, 15) is 19.7 Å². The van der Waals surface area contributed by atoms with E-state index in [4.69, 9.17) is 4.74 Å². The van der Waals surface area contributed by atoms with Crippen LogP contribution in [0.4, 0.5) is 17.1 Å². The molecule has 0 saturated carbocycles. The third-order valence-corrected chi connectivity index (χ3v) is 5.84. The number of carbonyl (C=O) groups is 2. The smallest absolute Gasteiger partial charge is 0.337 e. The van der Waals surface area contributed by atoms with E-state index in [0.717, 1.165) is 42.7 Å². The number of rotatable bonds is 10. The fourth-order valence-corrected chi connectivity index (χ4v) is 3.82. The quantitative estimate of drug-likeness (QED) is 0.244. The zero-order valence-electron chi connectivity index (χ0n) is 20.1. The predicted molar refractivity (Wildman–Crippen MR) is 136 cm³/mol. The zero-order chi connectivity index (χ0) is 25.4. The van der Waals surface area contributed by atoms with Crippen molar-refractivity contribution in [2.45, 2.75) is 26.7 Å². The van der Waals surface area contributed by atoms with Crippen LogP contribution < -0.4 is 10.2 Å². The standard InChI is InChI=1S/C27H29N3O5/c1-4-29(5-2)23-16-17-25(30(33)34)24(18-23)26(31)28-22-14-10-20(11-15-22)7-6-19-8-12-21(13-9-19)27(32)35-3/h8-18H,4-7H2,1-3H3,(H,28,31). The lowest BCUT2D eigenvalue weighted by atomic mass is 10.0. The molecule has 0 spiro atoms. The Morgan fingerprint density at radius 3 is 2.00 bits per heavy atom. The third-order valence-electron chi connectivity index (χ3n) is 5.84. The van der Waals surface area contributed by atoms with Crippen molar-refractivity contribution in [1.29, 1.82) is 0 Å². The molecular formula is C27H29N3O5. The lowest BCUT2D eigenvalue weighted by Gasteiger charge is -2.21. The molecule has 3 aromatic rings. The molecule has 0 saturated heterocycles. The summed E-state index contributed by atoms with van der Waals surface area (Å²) < 4.78 is 4.71. The van der Waals surface area contributed by atoms with Crippen molar-refractivity contribution in [3.05, 3.63) is 99.1 Å². The number of nitro groups is 1. The van der Waals surface area contributed by atoms with E-state index < -0.39 is 10.8 Å². The van der Waals surface area contributed by atoms with E-state index in [-0.39, 0.29) is 17.2 Å². The Balaban J connectivity index is 1.67. The number of aryl methyl sites for hydroxylation is 2. The van der Waals surface area contributed by atoms with Gasteiger partial charge in [-0.3, -0.25) is 14.9 Å². The molecule has 8 heteroatoms. The van der Waals surface area contributed by atoms with Gasteiger partial charge in [0.15, 0.2) is 0 Å². The normalized spacial score (nSPS) is 10.5. The minimum atomic E-state index is -0.540. The Labute approximate surface area is 204 Å². The highest BCUT2D eigenvalue weighted by atomic mass is 16.6. The van der Waals surface area contributed by atoms with Crippen molar-refractivity contribution in [3.8, 4) is 0 Å². The number of benzene rings is 3. The molecule has 3 rings (SSSR count). The number of hydrogen-bond donors (Lipinski definition) is 1. The second-order valence-electron chi connectivity index (χ2n) is 7.97. The van der Waals surface area contributed by atoms with Crippen LogP contribution in [0, 0.1) is 10.1 Å². The van der Waals surface area contributed by atoms with Crippen molar-refractivity contribution in [2.75, 3.05) is 30.4 Å². The van der Waals surface area contributed by atoms with E-state index >= 15 is 0 Å². The number of ether oxygens (including phenoxy) is 1. The van der Waals surface area contributed by atoms with Crippen LogP contribution in [0.15, 0.2) is 66.7 Å². The minimum Gasteiger partial charge on any atom is -0.465 e. The first kappa shape index (κ1) is 25.4. The largest absolute Gasteiger partial charge is 0.465 e. The van der Waals surface area contributed by atoms with Crippen LogP contribution in [0.2, 0.25) is 0 Å². The van der Waals surface area contributed by atoms with Gasteiger partial charge in [-0.05, 0) is 74.2 Å². The first-order chi connectivity index (χ1) is 16.9. The first-order valence-electron chi connectivity index (χ1n) is 11.5. The third kappa shape index (κ3) is 6.44. The summed E-state index contributed by atoms with van der Waals surface area (Å²) in [6.07, 6.45) is 1.57. The Morgan fingerprint density at radius 2 is 1.49 bits per heavy atom. The summed E-state index contributed by atoms with van der Waals surface area (Å²) in [4.78, 5) is 37.4. The molecule has 0 bridgehead atoms. The maximum atomic E-state index is 12.9. The lowest BCUT2D eigenvalue weighted by molar-refractivity contribution is -0.385. The number of nitro benzene ring substituents is 1. The number of nitrogens with one attached hydrogen (secondary N) is 1. The fourth-order valence-electron chi connectivity index (χ4n) is 3.82. The number of amides is 1. The Morgan fingerprint density at radius 1 is 0.914 bits per heavy atom. The molecule has 0 radical (unpaired) electrons. The van der Waals surface area contributed by atoms with Gasteiger partial charge in [-0.1, -0.05) is 24.3 Å². The second kappa shape index (κ2) is 11.8. The molecule has 0 aliphatic rings. The summed E-state index contributed by atoms with van der Waals surface area (Å²) in [7, 11) is 1.35. The molecule has 0 aromatic heterocycles. The predicted octanol–water partition coefficient (Wildman–Crippen LogP) is 5.27. The molecule has 0 aliphatic heterocycles. The van der Waals surface area contributed by atoms with Crippen LogP contribution in [-0.2, 0) is 17.6 Å². The molecule has 35 heavy (non-hydrogen) atoms. The first-order valence-corrected chi connectivity index (χ1v) is 11.5. The van der Waals surface area contributed by atoms with Crippen molar-refractivity contribution < 1.29 is 19.2 Å². The molecule has 1 N–H and O–H groups in total. The van der Waals surface area contributed by atoms with Gasteiger partial charge in [-0.2, -0.15) is 0 Å². The Hall–Kier alpha value is -4.20. The molecule has 0 aliphatic carbocycles. The van der Waals surface area contributed by atoms with Gasteiger partial charge in [-0.25, -0.2) is 4.79 Å². The van der Waals surface area contributed by atoms with Crippen molar-refractivity contribution in [3.63, 3.8) is 0 Å². The number of anilines is 2. The minimum absolute atomic E-state index is 0.0267. The van der Waals surface area contributed by atoms with Gasteiger partial charge in [0.05, 0.1) is 17.6 Å². The van der Waals surface area contributed by atoms with Gasteiger partial charge in [0.25, 0.3) is 11.6 Å². The van der Waals surface area contributed by atoms with E-state index in [1.165, 1.54) is 13.2 Å². The summed E-state index contributed by atoms with van der Waals surface area (Å²) in [6.45, 7) is 5.44. The number of nitrogens with zero attached hydrogens (tertiary/aromatic N) is 2. The van der Waals surface area contributed by atoms with Crippen molar-refractivity contribution in [1.82, 2.24) is 0 Å². The van der Waals surface area contributed by atoms with E-state index in [2.05, 4.69) is 5.32 Å².